The Bertz CT molecular complexity index is 474. The zero-order chi connectivity index (χ0) is 12.3. The van der Waals surface area contributed by atoms with E-state index in [9.17, 15) is 15.0 Å². The van der Waals surface area contributed by atoms with Crippen molar-refractivity contribution in [3.05, 3.63) is 60.2 Å². The van der Waals surface area contributed by atoms with Gasteiger partial charge < -0.3 is 10.2 Å². The lowest BCUT2D eigenvalue weighted by atomic mass is 9.94. The van der Waals surface area contributed by atoms with Gasteiger partial charge in [-0.15, -0.1) is 0 Å². The standard InChI is InChI=1S/C12H10N2O3/c15-11(16)12(17,9-5-1-3-7-13-9)10-6-2-4-8-14-10/h1-8,17H,(H,15,16). The smallest absolute Gasteiger partial charge is 0.348 e. The second-order valence-corrected chi connectivity index (χ2v) is 3.45. The maximum Gasteiger partial charge on any atom is 0.348 e. The van der Waals surface area contributed by atoms with E-state index in [0.29, 0.717) is 0 Å². The molecule has 0 spiro atoms. The number of nitrogens with zero attached hydrogens (tertiary/aromatic N) is 2. The highest BCUT2D eigenvalue weighted by Crippen LogP contribution is 2.26. The molecule has 0 radical (unpaired) electrons. The summed E-state index contributed by atoms with van der Waals surface area (Å²) >= 11 is 0. The van der Waals surface area contributed by atoms with Gasteiger partial charge in [0.15, 0.2) is 0 Å². The van der Waals surface area contributed by atoms with Crippen LogP contribution < -0.4 is 0 Å². The van der Waals surface area contributed by atoms with Crippen molar-refractivity contribution in [3.8, 4) is 0 Å². The van der Waals surface area contributed by atoms with E-state index in [1.165, 1.54) is 24.5 Å². The SMILES string of the molecule is O=C(O)C(O)(c1ccccn1)c1ccccn1. The Morgan fingerprint density at radius 3 is 1.76 bits per heavy atom. The first-order valence-electron chi connectivity index (χ1n) is 4.94. The van der Waals surface area contributed by atoms with Crippen molar-refractivity contribution in [2.24, 2.45) is 0 Å². The van der Waals surface area contributed by atoms with Crippen LogP contribution in [0.25, 0.3) is 0 Å². The summed E-state index contributed by atoms with van der Waals surface area (Å²) in [5, 5.41) is 19.5. The second kappa shape index (κ2) is 4.31. The number of hydrogen-bond acceptors (Lipinski definition) is 4. The highest BCUT2D eigenvalue weighted by Gasteiger charge is 2.42. The van der Waals surface area contributed by atoms with Gasteiger partial charge in [0.05, 0.1) is 11.4 Å². The highest BCUT2D eigenvalue weighted by molar-refractivity contribution is 5.82. The molecule has 0 saturated carbocycles. The van der Waals surface area contributed by atoms with Gasteiger partial charge >= 0.3 is 5.97 Å². The fraction of sp³-hybridized carbons (Fsp3) is 0.0833. The van der Waals surface area contributed by atoms with E-state index in [1.807, 2.05) is 0 Å². The summed E-state index contributed by atoms with van der Waals surface area (Å²) in [5.74, 6) is -1.41. The molecular weight excluding hydrogens is 220 g/mol. The Labute approximate surface area is 97.4 Å². The van der Waals surface area contributed by atoms with Crippen LogP contribution in [0.2, 0.25) is 0 Å². The van der Waals surface area contributed by atoms with Crippen LogP contribution in [0.15, 0.2) is 48.8 Å². The summed E-state index contributed by atoms with van der Waals surface area (Å²) in [7, 11) is 0. The fourth-order valence-electron chi connectivity index (χ4n) is 1.50. The van der Waals surface area contributed by atoms with Crippen LogP contribution in [0.4, 0.5) is 0 Å². The number of pyridine rings is 2. The molecular formula is C12H10N2O3. The number of aliphatic hydroxyl groups is 1. The van der Waals surface area contributed by atoms with Crippen LogP contribution in [0.1, 0.15) is 11.4 Å². The predicted molar refractivity (Wildman–Crippen MR) is 59.1 cm³/mol. The normalized spacial score (nSPS) is 11.1. The number of aliphatic carboxylic acids is 1. The predicted octanol–water partition coefficient (Wildman–Crippen LogP) is 0.797. The van der Waals surface area contributed by atoms with Gasteiger partial charge in [-0.25, -0.2) is 4.79 Å². The highest BCUT2D eigenvalue weighted by atomic mass is 16.4. The van der Waals surface area contributed by atoms with E-state index in [2.05, 4.69) is 9.97 Å². The fourth-order valence-corrected chi connectivity index (χ4v) is 1.50. The van der Waals surface area contributed by atoms with E-state index in [1.54, 1.807) is 24.3 Å². The van der Waals surface area contributed by atoms with E-state index < -0.39 is 11.6 Å². The maximum absolute atomic E-state index is 11.3. The van der Waals surface area contributed by atoms with Crippen LogP contribution in [-0.4, -0.2) is 26.2 Å². The molecule has 0 aliphatic rings. The minimum absolute atomic E-state index is 0.0335. The van der Waals surface area contributed by atoms with Gasteiger partial charge in [-0.3, -0.25) is 9.97 Å². The van der Waals surface area contributed by atoms with Gasteiger partial charge in [0, 0.05) is 12.4 Å². The molecule has 5 nitrogen and oxygen atoms in total. The van der Waals surface area contributed by atoms with Crippen molar-refractivity contribution >= 4 is 5.97 Å². The number of carboxylic acids is 1. The van der Waals surface area contributed by atoms with Gasteiger partial charge in [0.25, 0.3) is 0 Å². The van der Waals surface area contributed by atoms with E-state index >= 15 is 0 Å². The minimum atomic E-state index is -2.22. The summed E-state index contributed by atoms with van der Waals surface area (Å²) in [6.45, 7) is 0. The van der Waals surface area contributed by atoms with Crippen molar-refractivity contribution in [1.82, 2.24) is 9.97 Å². The summed E-state index contributed by atoms with van der Waals surface area (Å²) in [6.07, 6.45) is 2.85. The topological polar surface area (TPSA) is 83.3 Å². The summed E-state index contributed by atoms with van der Waals surface area (Å²) in [6, 6.07) is 9.40. The lowest BCUT2D eigenvalue weighted by Crippen LogP contribution is -2.38. The van der Waals surface area contributed by atoms with Gasteiger partial charge in [0.1, 0.15) is 0 Å². The molecule has 17 heavy (non-hydrogen) atoms. The summed E-state index contributed by atoms with van der Waals surface area (Å²) in [4.78, 5) is 19.0. The second-order valence-electron chi connectivity index (χ2n) is 3.45. The molecule has 2 heterocycles. The zero-order valence-electron chi connectivity index (χ0n) is 8.82. The molecule has 2 aromatic rings. The van der Waals surface area contributed by atoms with E-state index in [-0.39, 0.29) is 11.4 Å². The third-order valence-electron chi connectivity index (χ3n) is 2.38. The van der Waals surface area contributed by atoms with E-state index in [0.717, 1.165) is 0 Å². The first-order valence-corrected chi connectivity index (χ1v) is 4.94. The van der Waals surface area contributed by atoms with Crippen LogP contribution in [0, 0.1) is 0 Å². The molecule has 0 unspecified atom stereocenters. The van der Waals surface area contributed by atoms with Crippen LogP contribution in [0.5, 0.6) is 0 Å². The van der Waals surface area contributed by atoms with Gasteiger partial charge in [-0.2, -0.15) is 0 Å². The number of hydrogen-bond donors (Lipinski definition) is 2. The summed E-state index contributed by atoms with van der Waals surface area (Å²) in [5.41, 5.74) is -2.15. The molecule has 5 heteroatoms. The van der Waals surface area contributed by atoms with Crippen LogP contribution in [0.3, 0.4) is 0 Å². The molecule has 0 amide bonds. The Morgan fingerprint density at radius 2 is 1.47 bits per heavy atom. The third kappa shape index (κ3) is 1.88. The number of aromatic nitrogens is 2. The Morgan fingerprint density at radius 1 is 1.00 bits per heavy atom. The molecule has 2 rings (SSSR count). The third-order valence-corrected chi connectivity index (χ3v) is 2.38. The molecule has 0 aliphatic carbocycles. The van der Waals surface area contributed by atoms with Crippen LogP contribution >= 0.6 is 0 Å². The van der Waals surface area contributed by atoms with Crippen molar-refractivity contribution in [3.63, 3.8) is 0 Å². The quantitative estimate of drug-likeness (QED) is 0.814. The van der Waals surface area contributed by atoms with E-state index in [4.69, 9.17) is 0 Å². The average Bonchev–Trinajstić information content (AvgIpc) is 2.39. The lowest BCUT2D eigenvalue weighted by molar-refractivity contribution is -0.155. The molecule has 0 atom stereocenters. The van der Waals surface area contributed by atoms with Crippen molar-refractivity contribution in [2.75, 3.05) is 0 Å². The number of rotatable bonds is 3. The molecule has 0 aromatic carbocycles. The van der Waals surface area contributed by atoms with Crippen molar-refractivity contribution < 1.29 is 15.0 Å². The zero-order valence-corrected chi connectivity index (χ0v) is 8.82. The largest absolute Gasteiger partial charge is 0.478 e. The summed E-state index contributed by atoms with van der Waals surface area (Å²) < 4.78 is 0. The minimum Gasteiger partial charge on any atom is -0.478 e. The maximum atomic E-state index is 11.3. The van der Waals surface area contributed by atoms with Gasteiger partial charge in [-0.05, 0) is 24.3 Å². The monoisotopic (exact) mass is 230 g/mol. The number of carbonyl (C=O) groups is 1. The Balaban J connectivity index is 2.59. The average molecular weight is 230 g/mol. The number of carboxylic acid groups (broad SMARTS) is 1. The van der Waals surface area contributed by atoms with Crippen molar-refractivity contribution in [2.45, 2.75) is 5.60 Å². The van der Waals surface area contributed by atoms with Crippen molar-refractivity contribution in [1.29, 1.82) is 0 Å². The molecule has 0 bridgehead atoms. The molecule has 0 aliphatic heterocycles. The van der Waals surface area contributed by atoms with Crippen LogP contribution in [-0.2, 0) is 10.4 Å². The molecule has 2 N–H and O–H groups in total. The Kier molecular flexibility index (Phi) is 2.84. The van der Waals surface area contributed by atoms with Gasteiger partial charge in [0.2, 0.25) is 5.60 Å². The first kappa shape index (κ1) is 11.2. The first-order chi connectivity index (χ1) is 8.15. The molecule has 2 aromatic heterocycles. The molecule has 0 saturated heterocycles. The van der Waals surface area contributed by atoms with Gasteiger partial charge in [-0.1, -0.05) is 12.1 Å². The molecule has 86 valence electrons. The molecule has 0 fully saturated rings. The Hall–Kier alpha value is -2.27. The lowest BCUT2D eigenvalue weighted by Gasteiger charge is -2.21.